The standard InChI is InChI=1S/C15H18N2S/c1-9-7-10(2)12(4)14(11(9)3)6-5-13-8-18-15(16)17-13/h5-8H,1-4H3,(H2,16,17). The molecule has 94 valence electrons. The van der Waals surface area contributed by atoms with Crippen LogP contribution in [0.4, 0.5) is 5.13 Å². The highest BCUT2D eigenvalue weighted by Gasteiger charge is 2.05. The van der Waals surface area contributed by atoms with Crippen LogP contribution < -0.4 is 5.73 Å². The number of aromatic nitrogens is 1. The van der Waals surface area contributed by atoms with Gasteiger partial charge in [0.25, 0.3) is 0 Å². The zero-order valence-electron chi connectivity index (χ0n) is 11.2. The normalized spacial score (nSPS) is 11.3. The first kappa shape index (κ1) is 12.8. The van der Waals surface area contributed by atoms with Crippen molar-refractivity contribution in [3.63, 3.8) is 0 Å². The average molecular weight is 258 g/mol. The highest BCUT2D eigenvalue weighted by Crippen LogP contribution is 2.24. The summed E-state index contributed by atoms with van der Waals surface area (Å²) in [6.07, 6.45) is 4.17. The van der Waals surface area contributed by atoms with E-state index < -0.39 is 0 Å². The van der Waals surface area contributed by atoms with E-state index in [-0.39, 0.29) is 0 Å². The second-order valence-corrected chi connectivity index (χ2v) is 5.51. The minimum absolute atomic E-state index is 0.614. The molecule has 2 nitrogen and oxygen atoms in total. The summed E-state index contributed by atoms with van der Waals surface area (Å²) in [6.45, 7) is 8.63. The number of hydrogen-bond acceptors (Lipinski definition) is 3. The van der Waals surface area contributed by atoms with Crippen LogP contribution in [0.25, 0.3) is 12.2 Å². The molecule has 0 bridgehead atoms. The summed E-state index contributed by atoms with van der Waals surface area (Å²) in [5, 5.41) is 2.59. The Morgan fingerprint density at radius 3 is 2.17 bits per heavy atom. The molecular weight excluding hydrogens is 240 g/mol. The maximum Gasteiger partial charge on any atom is 0.180 e. The molecule has 18 heavy (non-hydrogen) atoms. The van der Waals surface area contributed by atoms with Gasteiger partial charge in [-0.2, -0.15) is 0 Å². The van der Waals surface area contributed by atoms with Crippen molar-refractivity contribution in [2.45, 2.75) is 27.7 Å². The highest BCUT2D eigenvalue weighted by atomic mass is 32.1. The third kappa shape index (κ3) is 2.46. The summed E-state index contributed by atoms with van der Waals surface area (Å²) in [5.74, 6) is 0. The summed E-state index contributed by atoms with van der Waals surface area (Å²) in [4.78, 5) is 4.24. The fraction of sp³-hybridized carbons (Fsp3) is 0.267. The second-order valence-electron chi connectivity index (χ2n) is 4.62. The molecule has 1 aromatic heterocycles. The van der Waals surface area contributed by atoms with Crippen LogP contribution in [-0.2, 0) is 0 Å². The van der Waals surface area contributed by atoms with E-state index >= 15 is 0 Å². The molecule has 0 unspecified atom stereocenters. The van der Waals surface area contributed by atoms with Crippen molar-refractivity contribution < 1.29 is 0 Å². The van der Waals surface area contributed by atoms with E-state index in [0.717, 1.165) is 5.69 Å². The van der Waals surface area contributed by atoms with Crippen LogP contribution in [0.1, 0.15) is 33.5 Å². The fourth-order valence-corrected chi connectivity index (χ4v) is 2.57. The van der Waals surface area contributed by atoms with Gasteiger partial charge in [-0.1, -0.05) is 12.1 Å². The molecule has 0 fully saturated rings. The lowest BCUT2D eigenvalue weighted by molar-refractivity contribution is 1.23. The van der Waals surface area contributed by atoms with Gasteiger partial charge in [0.15, 0.2) is 5.13 Å². The van der Waals surface area contributed by atoms with Gasteiger partial charge in [0.1, 0.15) is 0 Å². The summed E-state index contributed by atoms with van der Waals surface area (Å²) in [5.41, 5.74) is 13.2. The number of benzene rings is 1. The van der Waals surface area contributed by atoms with Gasteiger partial charge in [0, 0.05) is 5.38 Å². The Kier molecular flexibility index (Phi) is 3.53. The van der Waals surface area contributed by atoms with E-state index in [4.69, 9.17) is 5.73 Å². The van der Waals surface area contributed by atoms with Crippen molar-refractivity contribution in [2.24, 2.45) is 0 Å². The molecule has 3 heteroatoms. The molecule has 0 spiro atoms. The van der Waals surface area contributed by atoms with E-state index in [1.54, 1.807) is 0 Å². The predicted octanol–water partition coefficient (Wildman–Crippen LogP) is 4.13. The largest absolute Gasteiger partial charge is 0.375 e. The van der Waals surface area contributed by atoms with Gasteiger partial charge in [0.2, 0.25) is 0 Å². The number of aryl methyl sites for hydroxylation is 2. The van der Waals surface area contributed by atoms with Crippen LogP contribution in [0.3, 0.4) is 0 Å². The van der Waals surface area contributed by atoms with E-state index in [9.17, 15) is 0 Å². The van der Waals surface area contributed by atoms with Crippen molar-refractivity contribution in [1.29, 1.82) is 0 Å². The molecule has 0 aliphatic carbocycles. The molecule has 1 heterocycles. The van der Waals surface area contributed by atoms with Gasteiger partial charge in [-0.3, -0.25) is 0 Å². The van der Waals surface area contributed by atoms with Crippen molar-refractivity contribution >= 4 is 28.6 Å². The minimum Gasteiger partial charge on any atom is -0.375 e. The lowest BCUT2D eigenvalue weighted by Crippen LogP contribution is -1.94. The first-order valence-corrected chi connectivity index (χ1v) is 6.83. The van der Waals surface area contributed by atoms with E-state index in [2.05, 4.69) is 44.8 Å². The van der Waals surface area contributed by atoms with Crippen molar-refractivity contribution in [3.05, 3.63) is 45.0 Å². The molecule has 1 aromatic carbocycles. The monoisotopic (exact) mass is 258 g/mol. The molecule has 0 saturated carbocycles. The minimum atomic E-state index is 0.614. The van der Waals surface area contributed by atoms with Crippen LogP contribution >= 0.6 is 11.3 Å². The smallest absolute Gasteiger partial charge is 0.180 e. The molecule has 2 N–H and O–H groups in total. The van der Waals surface area contributed by atoms with E-state index in [0.29, 0.717) is 5.13 Å². The topological polar surface area (TPSA) is 38.9 Å². The summed E-state index contributed by atoms with van der Waals surface area (Å²) >= 11 is 1.47. The number of anilines is 1. The number of nitrogens with zero attached hydrogens (tertiary/aromatic N) is 1. The molecule has 0 amide bonds. The average Bonchev–Trinajstić information content (AvgIpc) is 2.73. The highest BCUT2D eigenvalue weighted by molar-refractivity contribution is 7.13. The SMILES string of the molecule is Cc1cc(C)c(C)c(C=Cc2csc(N)n2)c1C. The second kappa shape index (κ2) is 4.94. The number of hydrogen-bond donors (Lipinski definition) is 1. The van der Waals surface area contributed by atoms with Gasteiger partial charge in [-0.25, -0.2) is 4.98 Å². The number of nitrogens with two attached hydrogens (primary N) is 1. The summed E-state index contributed by atoms with van der Waals surface area (Å²) < 4.78 is 0. The molecule has 0 saturated heterocycles. The van der Waals surface area contributed by atoms with Crippen LogP contribution in [0.15, 0.2) is 11.4 Å². The first-order chi connectivity index (χ1) is 8.49. The molecule has 2 rings (SSSR count). The molecule has 0 atom stereocenters. The van der Waals surface area contributed by atoms with Crippen LogP contribution in [0.2, 0.25) is 0 Å². The molecule has 0 aliphatic rings. The first-order valence-electron chi connectivity index (χ1n) is 5.95. The Labute approximate surface area is 112 Å². The number of nitrogen functional groups attached to an aromatic ring is 1. The molecule has 0 radical (unpaired) electrons. The van der Waals surface area contributed by atoms with E-state index in [1.165, 1.54) is 39.2 Å². The Balaban J connectivity index is 2.43. The van der Waals surface area contributed by atoms with Gasteiger partial charge in [-0.15, -0.1) is 11.3 Å². The summed E-state index contributed by atoms with van der Waals surface area (Å²) in [6, 6.07) is 2.24. The van der Waals surface area contributed by atoms with Crippen molar-refractivity contribution in [2.75, 3.05) is 5.73 Å². The van der Waals surface area contributed by atoms with E-state index in [1.807, 2.05) is 11.5 Å². The van der Waals surface area contributed by atoms with Crippen LogP contribution in [0.5, 0.6) is 0 Å². The van der Waals surface area contributed by atoms with Crippen molar-refractivity contribution in [1.82, 2.24) is 4.98 Å². The lowest BCUT2D eigenvalue weighted by Gasteiger charge is -2.11. The Hall–Kier alpha value is -1.61. The predicted molar refractivity (Wildman–Crippen MR) is 80.8 cm³/mol. The third-order valence-electron chi connectivity index (χ3n) is 3.38. The van der Waals surface area contributed by atoms with Gasteiger partial charge in [0.05, 0.1) is 5.69 Å². The van der Waals surface area contributed by atoms with Crippen LogP contribution in [-0.4, -0.2) is 4.98 Å². The Morgan fingerprint density at radius 2 is 1.67 bits per heavy atom. The quantitative estimate of drug-likeness (QED) is 0.879. The van der Waals surface area contributed by atoms with Gasteiger partial charge in [-0.05, 0) is 61.6 Å². The Morgan fingerprint density at radius 1 is 1.06 bits per heavy atom. The van der Waals surface area contributed by atoms with Crippen molar-refractivity contribution in [3.8, 4) is 0 Å². The molecule has 2 aromatic rings. The van der Waals surface area contributed by atoms with Crippen LogP contribution in [0, 0.1) is 27.7 Å². The maximum atomic E-state index is 5.63. The zero-order valence-corrected chi connectivity index (χ0v) is 12.1. The zero-order chi connectivity index (χ0) is 13.3. The fourth-order valence-electron chi connectivity index (χ4n) is 2.04. The molecular formula is C15H18N2S. The van der Waals surface area contributed by atoms with Gasteiger partial charge >= 0.3 is 0 Å². The Bertz CT molecular complexity index is 583. The third-order valence-corrected chi connectivity index (χ3v) is 4.08. The number of thiazole rings is 1. The lowest BCUT2D eigenvalue weighted by atomic mass is 9.94. The number of rotatable bonds is 2. The maximum absolute atomic E-state index is 5.63. The molecule has 0 aliphatic heterocycles. The van der Waals surface area contributed by atoms with Gasteiger partial charge < -0.3 is 5.73 Å². The summed E-state index contributed by atoms with van der Waals surface area (Å²) in [7, 11) is 0.